The molecule has 0 aliphatic heterocycles. The van der Waals surface area contributed by atoms with Crippen LogP contribution in [-0.2, 0) is 0 Å². The molecule has 4 nitrogen and oxygen atoms in total. The van der Waals surface area contributed by atoms with E-state index in [1.807, 2.05) is 36.4 Å². The first-order valence-electron chi connectivity index (χ1n) is 7.49. The average Bonchev–Trinajstić information content (AvgIpc) is 2.65. The third-order valence-electron chi connectivity index (χ3n) is 3.24. The number of carbonyl (C=O) groups is 1. The smallest absolute Gasteiger partial charge is 0.343 e. The number of esters is 1. The fraction of sp³-hybridized carbons (Fsp3) is 0.0500. The van der Waals surface area contributed by atoms with E-state index in [9.17, 15) is 4.79 Å². The summed E-state index contributed by atoms with van der Waals surface area (Å²) in [5.41, 5.74) is 0.508. The molecule has 3 rings (SSSR count). The third kappa shape index (κ3) is 4.36. The summed E-state index contributed by atoms with van der Waals surface area (Å²) in [7, 11) is 0. The highest BCUT2D eigenvalue weighted by Crippen LogP contribution is 2.19. The molecule has 0 bridgehead atoms. The van der Waals surface area contributed by atoms with E-state index in [2.05, 4.69) is 0 Å². The first-order chi connectivity index (χ1) is 11.8. The first kappa shape index (κ1) is 15.6. The minimum Gasteiger partial charge on any atom is -0.458 e. The number of hydrogen-bond acceptors (Lipinski definition) is 4. The molecule has 0 aliphatic carbocycles. The van der Waals surface area contributed by atoms with Gasteiger partial charge in [-0.1, -0.05) is 36.4 Å². The van der Waals surface area contributed by atoms with Crippen LogP contribution in [-0.4, -0.2) is 12.8 Å². The Hall–Kier alpha value is -3.27. The van der Waals surface area contributed by atoms with Gasteiger partial charge in [-0.3, -0.25) is 0 Å². The minimum absolute atomic E-state index is 0.104. The van der Waals surface area contributed by atoms with Gasteiger partial charge in [0, 0.05) is 0 Å². The van der Waals surface area contributed by atoms with Crippen LogP contribution in [0, 0.1) is 0 Å². The zero-order valence-electron chi connectivity index (χ0n) is 12.9. The largest absolute Gasteiger partial charge is 0.458 e. The molecule has 0 atom stereocenters. The molecular weight excluding hydrogens is 304 g/mol. The molecule has 3 aromatic carbocycles. The van der Waals surface area contributed by atoms with Crippen molar-refractivity contribution in [2.45, 2.75) is 0 Å². The monoisotopic (exact) mass is 320 g/mol. The fourth-order valence-electron chi connectivity index (χ4n) is 2.03. The van der Waals surface area contributed by atoms with Crippen LogP contribution >= 0.6 is 0 Å². The van der Waals surface area contributed by atoms with E-state index < -0.39 is 5.97 Å². The number of carbonyl (C=O) groups excluding carboxylic acids is 1. The molecule has 0 saturated heterocycles. The Morgan fingerprint density at radius 1 is 0.625 bits per heavy atom. The highest BCUT2D eigenvalue weighted by atomic mass is 16.7. The highest BCUT2D eigenvalue weighted by molar-refractivity contribution is 5.90. The molecule has 0 aliphatic rings. The quantitative estimate of drug-likeness (QED) is 0.385. The van der Waals surface area contributed by atoms with E-state index in [4.69, 9.17) is 14.2 Å². The van der Waals surface area contributed by atoms with Crippen molar-refractivity contribution in [3.05, 3.63) is 90.5 Å². The Morgan fingerprint density at radius 3 is 1.75 bits per heavy atom. The van der Waals surface area contributed by atoms with E-state index in [0.717, 1.165) is 5.75 Å². The summed E-state index contributed by atoms with van der Waals surface area (Å²) in [5, 5.41) is 0. The molecule has 24 heavy (non-hydrogen) atoms. The van der Waals surface area contributed by atoms with Crippen molar-refractivity contribution in [2.24, 2.45) is 0 Å². The van der Waals surface area contributed by atoms with Crippen molar-refractivity contribution < 1.29 is 19.0 Å². The predicted octanol–water partition coefficient (Wildman–Crippen LogP) is 4.32. The van der Waals surface area contributed by atoms with Gasteiger partial charge in [-0.25, -0.2) is 4.79 Å². The zero-order valence-corrected chi connectivity index (χ0v) is 12.9. The van der Waals surface area contributed by atoms with Crippen molar-refractivity contribution in [3.8, 4) is 17.2 Å². The van der Waals surface area contributed by atoms with Crippen LogP contribution < -0.4 is 14.2 Å². The SMILES string of the molecule is O=C(Oc1ccc(OCOc2ccccc2)cc1)c1ccccc1. The lowest BCUT2D eigenvalue weighted by atomic mass is 10.2. The summed E-state index contributed by atoms with van der Waals surface area (Å²) in [5.74, 6) is 1.44. The number of ether oxygens (including phenoxy) is 3. The van der Waals surface area contributed by atoms with Crippen molar-refractivity contribution >= 4 is 5.97 Å². The van der Waals surface area contributed by atoms with Crippen LogP contribution in [0.3, 0.4) is 0 Å². The van der Waals surface area contributed by atoms with Crippen LogP contribution in [0.2, 0.25) is 0 Å². The molecule has 0 aromatic heterocycles. The standard InChI is InChI=1S/C20H16O4/c21-20(16-7-3-1-4-8-16)24-19-13-11-18(12-14-19)23-15-22-17-9-5-2-6-10-17/h1-14H,15H2. The summed E-state index contributed by atoms with van der Waals surface area (Å²) in [6, 6.07) is 25.1. The highest BCUT2D eigenvalue weighted by Gasteiger charge is 2.07. The van der Waals surface area contributed by atoms with Gasteiger partial charge in [-0.15, -0.1) is 0 Å². The molecule has 3 aromatic rings. The van der Waals surface area contributed by atoms with Crippen molar-refractivity contribution in [3.63, 3.8) is 0 Å². The molecule has 0 saturated carbocycles. The molecule has 0 heterocycles. The van der Waals surface area contributed by atoms with Crippen LogP contribution in [0.5, 0.6) is 17.2 Å². The average molecular weight is 320 g/mol. The second kappa shape index (κ2) is 7.83. The Balaban J connectivity index is 1.51. The fourth-order valence-corrected chi connectivity index (χ4v) is 2.03. The Bertz CT molecular complexity index is 768. The van der Waals surface area contributed by atoms with Crippen LogP contribution in [0.4, 0.5) is 0 Å². The maximum absolute atomic E-state index is 12.0. The molecule has 0 N–H and O–H groups in total. The molecule has 0 amide bonds. The van der Waals surface area contributed by atoms with Gasteiger partial charge in [0.25, 0.3) is 0 Å². The van der Waals surface area contributed by atoms with E-state index in [-0.39, 0.29) is 6.79 Å². The van der Waals surface area contributed by atoms with E-state index in [0.29, 0.717) is 17.1 Å². The van der Waals surface area contributed by atoms with Gasteiger partial charge in [0.15, 0.2) is 0 Å². The van der Waals surface area contributed by atoms with Gasteiger partial charge in [0.1, 0.15) is 17.2 Å². The van der Waals surface area contributed by atoms with Crippen molar-refractivity contribution in [1.82, 2.24) is 0 Å². The maximum atomic E-state index is 12.0. The van der Waals surface area contributed by atoms with Gasteiger partial charge in [-0.2, -0.15) is 0 Å². The molecule has 0 spiro atoms. The lowest BCUT2D eigenvalue weighted by molar-refractivity contribution is 0.0734. The summed E-state index contributed by atoms with van der Waals surface area (Å²) >= 11 is 0. The van der Waals surface area contributed by atoms with Crippen LogP contribution in [0.1, 0.15) is 10.4 Å². The third-order valence-corrected chi connectivity index (χ3v) is 3.24. The summed E-state index contributed by atoms with van der Waals surface area (Å²) < 4.78 is 16.3. The molecule has 120 valence electrons. The molecule has 4 heteroatoms. The zero-order chi connectivity index (χ0) is 16.6. The minimum atomic E-state index is -0.392. The Morgan fingerprint density at radius 2 is 1.12 bits per heavy atom. The van der Waals surface area contributed by atoms with Crippen molar-refractivity contribution in [1.29, 1.82) is 0 Å². The first-order valence-corrected chi connectivity index (χ1v) is 7.49. The van der Waals surface area contributed by atoms with Gasteiger partial charge in [0.05, 0.1) is 5.56 Å². The molecule has 0 radical (unpaired) electrons. The molecular formula is C20H16O4. The van der Waals surface area contributed by atoms with Crippen molar-refractivity contribution in [2.75, 3.05) is 6.79 Å². The van der Waals surface area contributed by atoms with Gasteiger partial charge in [-0.05, 0) is 48.5 Å². The second-order valence-corrected chi connectivity index (χ2v) is 4.95. The van der Waals surface area contributed by atoms with E-state index in [1.165, 1.54) is 0 Å². The van der Waals surface area contributed by atoms with Crippen LogP contribution in [0.15, 0.2) is 84.9 Å². The van der Waals surface area contributed by atoms with Gasteiger partial charge in [0.2, 0.25) is 6.79 Å². The molecule has 0 unspecified atom stereocenters. The molecule has 0 fully saturated rings. The number of para-hydroxylation sites is 1. The summed E-state index contributed by atoms with van der Waals surface area (Å²) in [6.07, 6.45) is 0. The topological polar surface area (TPSA) is 44.8 Å². The number of rotatable bonds is 6. The predicted molar refractivity (Wildman–Crippen MR) is 90.4 cm³/mol. The maximum Gasteiger partial charge on any atom is 0.343 e. The lowest BCUT2D eigenvalue weighted by Crippen LogP contribution is -2.08. The van der Waals surface area contributed by atoms with E-state index >= 15 is 0 Å². The van der Waals surface area contributed by atoms with Crippen LogP contribution in [0.25, 0.3) is 0 Å². The summed E-state index contributed by atoms with van der Waals surface area (Å²) in [4.78, 5) is 12.0. The number of hydrogen-bond donors (Lipinski definition) is 0. The van der Waals surface area contributed by atoms with Gasteiger partial charge < -0.3 is 14.2 Å². The lowest BCUT2D eigenvalue weighted by Gasteiger charge is -2.09. The van der Waals surface area contributed by atoms with E-state index in [1.54, 1.807) is 48.5 Å². The number of benzene rings is 3. The second-order valence-electron chi connectivity index (χ2n) is 4.95. The van der Waals surface area contributed by atoms with Gasteiger partial charge >= 0.3 is 5.97 Å². The Kier molecular flexibility index (Phi) is 5.10. The Labute approximate surface area is 140 Å². The summed E-state index contributed by atoms with van der Waals surface area (Å²) in [6.45, 7) is 0.104. The normalized spacial score (nSPS) is 10.0.